The Kier molecular flexibility index (Phi) is 4.02. The van der Waals surface area contributed by atoms with Crippen molar-refractivity contribution in [3.05, 3.63) is 45.5 Å². The lowest BCUT2D eigenvalue weighted by Crippen LogP contribution is -2.32. The molecule has 1 fully saturated rings. The first-order valence-electron chi connectivity index (χ1n) is 7.81. The van der Waals surface area contributed by atoms with Crippen LogP contribution in [0.25, 0.3) is 0 Å². The molecule has 23 heavy (non-hydrogen) atoms. The van der Waals surface area contributed by atoms with Crippen LogP contribution in [0.15, 0.2) is 21.5 Å². The first-order chi connectivity index (χ1) is 11.0. The molecular formula is C16H20N4O3. The van der Waals surface area contributed by atoms with E-state index in [1.807, 2.05) is 13.8 Å². The zero-order valence-corrected chi connectivity index (χ0v) is 13.5. The first kappa shape index (κ1) is 15.5. The number of carbonyl (C=O) groups is 1. The van der Waals surface area contributed by atoms with Gasteiger partial charge in [-0.05, 0) is 25.7 Å². The minimum atomic E-state index is -0.237. The van der Waals surface area contributed by atoms with Gasteiger partial charge in [0.25, 0.3) is 11.5 Å². The van der Waals surface area contributed by atoms with Crippen LogP contribution < -0.4 is 5.56 Å². The molecule has 0 bridgehead atoms. The molecule has 3 rings (SSSR count). The Labute approximate surface area is 133 Å². The summed E-state index contributed by atoms with van der Waals surface area (Å²) in [6, 6.07) is 2.90. The van der Waals surface area contributed by atoms with Gasteiger partial charge >= 0.3 is 0 Å². The summed E-state index contributed by atoms with van der Waals surface area (Å²) in [6.07, 6.45) is 1.63. The standard InChI is InChI=1S/C16H20N4O3/c1-9(2)11-8-14(21)18-15(17-11)12-5-4-6-20(12)16(22)13-7-10(3)19-23-13/h7-9,12H,4-6H2,1-3H3,(H,17,18,21)/t12-/m1/s1. The Morgan fingerprint density at radius 2 is 2.22 bits per heavy atom. The number of nitrogens with zero attached hydrogens (tertiary/aromatic N) is 3. The molecular weight excluding hydrogens is 296 g/mol. The molecule has 0 aromatic carbocycles. The molecule has 7 nitrogen and oxygen atoms in total. The highest BCUT2D eigenvalue weighted by Crippen LogP contribution is 2.31. The van der Waals surface area contributed by atoms with E-state index >= 15 is 0 Å². The molecule has 2 aromatic rings. The van der Waals surface area contributed by atoms with E-state index in [-0.39, 0.29) is 29.2 Å². The van der Waals surface area contributed by atoms with Gasteiger partial charge in [-0.1, -0.05) is 19.0 Å². The number of H-pyrrole nitrogens is 1. The van der Waals surface area contributed by atoms with Gasteiger partial charge in [0, 0.05) is 18.7 Å². The smallest absolute Gasteiger partial charge is 0.293 e. The van der Waals surface area contributed by atoms with Crippen LogP contribution in [0, 0.1) is 6.92 Å². The summed E-state index contributed by atoms with van der Waals surface area (Å²) in [6.45, 7) is 6.35. The largest absolute Gasteiger partial charge is 0.351 e. The quantitative estimate of drug-likeness (QED) is 0.937. The highest BCUT2D eigenvalue weighted by atomic mass is 16.5. The lowest BCUT2D eigenvalue weighted by molar-refractivity contribution is 0.0687. The summed E-state index contributed by atoms with van der Waals surface area (Å²) in [4.78, 5) is 33.5. The number of rotatable bonds is 3. The normalized spacial score (nSPS) is 17.9. The Hall–Kier alpha value is -2.44. The van der Waals surface area contributed by atoms with E-state index in [2.05, 4.69) is 15.1 Å². The number of hydrogen-bond donors (Lipinski definition) is 1. The average Bonchev–Trinajstić information content (AvgIpc) is 3.14. The van der Waals surface area contributed by atoms with Crippen molar-refractivity contribution >= 4 is 5.91 Å². The molecule has 0 aliphatic carbocycles. The van der Waals surface area contributed by atoms with Gasteiger partial charge in [0.15, 0.2) is 0 Å². The van der Waals surface area contributed by atoms with Crippen molar-refractivity contribution in [2.75, 3.05) is 6.54 Å². The second kappa shape index (κ2) is 5.98. The monoisotopic (exact) mass is 316 g/mol. The number of hydrogen-bond acceptors (Lipinski definition) is 5. The number of likely N-dealkylation sites (tertiary alicyclic amines) is 1. The third-order valence-corrected chi connectivity index (χ3v) is 4.04. The Bertz CT molecular complexity index is 778. The van der Waals surface area contributed by atoms with Crippen LogP contribution in [0.3, 0.4) is 0 Å². The fraction of sp³-hybridized carbons (Fsp3) is 0.500. The van der Waals surface area contributed by atoms with Crippen molar-refractivity contribution in [3.63, 3.8) is 0 Å². The van der Waals surface area contributed by atoms with Crippen molar-refractivity contribution in [2.24, 2.45) is 0 Å². The number of aromatic amines is 1. The summed E-state index contributed by atoms with van der Waals surface area (Å²) < 4.78 is 5.07. The van der Waals surface area contributed by atoms with Gasteiger partial charge in [0.2, 0.25) is 5.76 Å². The lowest BCUT2D eigenvalue weighted by atomic mass is 10.1. The van der Waals surface area contributed by atoms with Crippen molar-refractivity contribution < 1.29 is 9.32 Å². The van der Waals surface area contributed by atoms with Gasteiger partial charge in [0.1, 0.15) is 5.82 Å². The molecule has 0 radical (unpaired) electrons. The number of aryl methyl sites for hydroxylation is 1. The summed E-state index contributed by atoms with van der Waals surface area (Å²) in [7, 11) is 0. The maximum Gasteiger partial charge on any atom is 0.293 e. The van der Waals surface area contributed by atoms with E-state index in [4.69, 9.17) is 4.52 Å². The molecule has 1 aliphatic heterocycles. The van der Waals surface area contributed by atoms with E-state index in [0.717, 1.165) is 18.5 Å². The molecule has 1 aliphatic rings. The molecule has 2 aromatic heterocycles. The molecule has 3 heterocycles. The molecule has 1 amide bonds. The molecule has 1 atom stereocenters. The molecule has 0 spiro atoms. The summed E-state index contributed by atoms with van der Waals surface area (Å²) in [5.41, 5.74) is 1.21. The first-order valence-corrected chi connectivity index (χ1v) is 7.81. The topological polar surface area (TPSA) is 92.1 Å². The molecule has 122 valence electrons. The molecule has 0 saturated carbocycles. The van der Waals surface area contributed by atoms with Crippen LogP contribution in [-0.2, 0) is 0 Å². The van der Waals surface area contributed by atoms with Crippen LogP contribution in [0.5, 0.6) is 0 Å². The van der Waals surface area contributed by atoms with Gasteiger partial charge in [0.05, 0.1) is 17.4 Å². The minimum absolute atomic E-state index is 0.151. The van der Waals surface area contributed by atoms with E-state index < -0.39 is 0 Å². The van der Waals surface area contributed by atoms with Gasteiger partial charge in [-0.25, -0.2) is 4.98 Å². The van der Waals surface area contributed by atoms with Crippen LogP contribution in [-0.4, -0.2) is 32.5 Å². The van der Waals surface area contributed by atoms with Gasteiger partial charge in [-0.2, -0.15) is 0 Å². The van der Waals surface area contributed by atoms with Crippen molar-refractivity contribution in [1.82, 2.24) is 20.0 Å². The summed E-state index contributed by atoms with van der Waals surface area (Å²) >= 11 is 0. The SMILES string of the molecule is Cc1cc(C(=O)N2CCC[C@@H]2c2nc(C(C)C)cc(=O)[nH]2)on1. The van der Waals surface area contributed by atoms with Crippen molar-refractivity contribution in [2.45, 2.75) is 45.6 Å². The highest BCUT2D eigenvalue weighted by molar-refractivity contribution is 5.91. The van der Waals surface area contributed by atoms with E-state index in [0.29, 0.717) is 18.1 Å². The van der Waals surface area contributed by atoms with E-state index in [1.165, 1.54) is 6.07 Å². The van der Waals surface area contributed by atoms with Crippen molar-refractivity contribution in [3.8, 4) is 0 Å². The predicted molar refractivity (Wildman–Crippen MR) is 83.2 cm³/mol. The average molecular weight is 316 g/mol. The molecule has 0 unspecified atom stereocenters. The fourth-order valence-corrected chi connectivity index (χ4v) is 2.85. The van der Waals surface area contributed by atoms with Crippen LogP contribution in [0.2, 0.25) is 0 Å². The lowest BCUT2D eigenvalue weighted by Gasteiger charge is -2.23. The zero-order chi connectivity index (χ0) is 16.6. The molecule has 1 N–H and O–H groups in total. The Morgan fingerprint density at radius 3 is 2.87 bits per heavy atom. The third-order valence-electron chi connectivity index (χ3n) is 4.04. The minimum Gasteiger partial charge on any atom is -0.351 e. The second-order valence-corrected chi connectivity index (χ2v) is 6.20. The van der Waals surface area contributed by atoms with E-state index in [1.54, 1.807) is 17.9 Å². The van der Waals surface area contributed by atoms with Gasteiger partial charge < -0.3 is 14.4 Å². The van der Waals surface area contributed by atoms with Crippen LogP contribution in [0.4, 0.5) is 0 Å². The predicted octanol–water partition coefficient (Wildman–Crippen LogP) is 2.17. The summed E-state index contributed by atoms with van der Waals surface area (Å²) in [5, 5.41) is 3.76. The van der Waals surface area contributed by atoms with Crippen LogP contribution in [0.1, 0.15) is 66.4 Å². The number of aromatic nitrogens is 3. The third kappa shape index (κ3) is 3.04. The van der Waals surface area contributed by atoms with Crippen molar-refractivity contribution in [1.29, 1.82) is 0 Å². The number of amides is 1. The Balaban J connectivity index is 1.93. The summed E-state index contributed by atoms with van der Waals surface area (Å²) in [5.74, 6) is 0.698. The van der Waals surface area contributed by atoms with Gasteiger partial charge in [-0.3, -0.25) is 9.59 Å². The second-order valence-electron chi connectivity index (χ2n) is 6.20. The maximum atomic E-state index is 12.6. The van der Waals surface area contributed by atoms with Crippen LogP contribution >= 0.6 is 0 Å². The van der Waals surface area contributed by atoms with Gasteiger partial charge in [-0.15, -0.1) is 0 Å². The number of nitrogens with one attached hydrogen (secondary N) is 1. The number of carbonyl (C=O) groups excluding carboxylic acids is 1. The fourth-order valence-electron chi connectivity index (χ4n) is 2.85. The Morgan fingerprint density at radius 1 is 1.43 bits per heavy atom. The molecule has 7 heteroatoms. The maximum absolute atomic E-state index is 12.6. The van der Waals surface area contributed by atoms with E-state index in [9.17, 15) is 9.59 Å². The zero-order valence-electron chi connectivity index (χ0n) is 13.5. The molecule has 1 saturated heterocycles. The highest BCUT2D eigenvalue weighted by Gasteiger charge is 2.34.